The van der Waals surface area contributed by atoms with Crippen molar-refractivity contribution in [3.8, 4) is 11.5 Å². The molecule has 1 N–H and O–H groups in total. The molecular formula is C31H37N3O3. The van der Waals surface area contributed by atoms with Crippen molar-refractivity contribution in [2.75, 3.05) is 20.3 Å². The molecule has 0 bridgehead atoms. The van der Waals surface area contributed by atoms with Crippen LogP contribution in [0.5, 0.6) is 11.5 Å². The fraction of sp³-hybridized carbons (Fsp3) is 0.355. The quantitative estimate of drug-likeness (QED) is 0.220. The van der Waals surface area contributed by atoms with Crippen LogP contribution in [0.4, 0.5) is 0 Å². The van der Waals surface area contributed by atoms with Gasteiger partial charge >= 0.3 is 0 Å². The number of hydrogen-bond acceptors (Lipinski definition) is 4. The minimum atomic E-state index is -0.0486. The van der Waals surface area contributed by atoms with Gasteiger partial charge < -0.3 is 19.4 Å². The van der Waals surface area contributed by atoms with E-state index in [-0.39, 0.29) is 5.91 Å². The zero-order valence-electron chi connectivity index (χ0n) is 22.1. The van der Waals surface area contributed by atoms with E-state index in [1.54, 1.807) is 31.4 Å². The maximum atomic E-state index is 12.3. The van der Waals surface area contributed by atoms with Crippen LogP contribution in [0, 0.1) is 13.8 Å². The molecular weight excluding hydrogens is 462 g/mol. The van der Waals surface area contributed by atoms with Crippen molar-refractivity contribution in [2.45, 2.75) is 52.5 Å². The molecule has 4 aromatic rings. The molecule has 0 fully saturated rings. The molecule has 4 rings (SSSR count). The molecule has 0 aliphatic rings. The lowest BCUT2D eigenvalue weighted by Crippen LogP contribution is -2.24. The summed E-state index contributed by atoms with van der Waals surface area (Å²) in [6.07, 6.45) is 4.82. The van der Waals surface area contributed by atoms with Gasteiger partial charge in [0.1, 0.15) is 17.3 Å². The Hall–Kier alpha value is -3.80. The first-order chi connectivity index (χ1) is 18.0. The summed E-state index contributed by atoms with van der Waals surface area (Å²) in [7, 11) is 1.62. The van der Waals surface area contributed by atoms with Crippen LogP contribution in [-0.4, -0.2) is 35.7 Å². The number of nitrogens with zero attached hydrogens (tertiary/aromatic N) is 2. The Kier molecular flexibility index (Phi) is 9.19. The van der Waals surface area contributed by atoms with Gasteiger partial charge in [-0.15, -0.1) is 0 Å². The van der Waals surface area contributed by atoms with Gasteiger partial charge in [-0.1, -0.05) is 30.7 Å². The number of para-hydroxylation sites is 2. The molecule has 0 aliphatic carbocycles. The maximum absolute atomic E-state index is 12.3. The molecule has 0 unspecified atom stereocenters. The van der Waals surface area contributed by atoms with Crippen LogP contribution in [0.2, 0.25) is 0 Å². The Morgan fingerprint density at radius 1 is 0.946 bits per heavy atom. The summed E-state index contributed by atoms with van der Waals surface area (Å²) >= 11 is 0. The highest BCUT2D eigenvalue weighted by molar-refractivity contribution is 5.94. The minimum absolute atomic E-state index is 0.0486. The minimum Gasteiger partial charge on any atom is -0.497 e. The Morgan fingerprint density at radius 2 is 1.76 bits per heavy atom. The summed E-state index contributed by atoms with van der Waals surface area (Å²) < 4.78 is 13.6. The summed E-state index contributed by atoms with van der Waals surface area (Å²) in [5.74, 6) is 2.79. The average molecular weight is 500 g/mol. The number of methoxy groups -OCH3 is 1. The summed E-state index contributed by atoms with van der Waals surface area (Å²) in [6.45, 7) is 6.38. The van der Waals surface area contributed by atoms with Crippen LogP contribution < -0.4 is 14.8 Å². The predicted octanol–water partition coefficient (Wildman–Crippen LogP) is 6.27. The lowest BCUT2D eigenvalue weighted by molar-refractivity contribution is 0.0953. The molecule has 3 aromatic carbocycles. The van der Waals surface area contributed by atoms with E-state index in [9.17, 15) is 4.79 Å². The monoisotopic (exact) mass is 499 g/mol. The van der Waals surface area contributed by atoms with Crippen molar-refractivity contribution in [1.29, 1.82) is 0 Å². The number of aromatic nitrogens is 2. The first-order valence-electron chi connectivity index (χ1n) is 13.1. The van der Waals surface area contributed by atoms with Gasteiger partial charge in [-0.2, -0.15) is 0 Å². The van der Waals surface area contributed by atoms with Gasteiger partial charge in [-0.25, -0.2) is 4.98 Å². The molecule has 6 nitrogen and oxygen atoms in total. The van der Waals surface area contributed by atoms with E-state index in [2.05, 4.69) is 60.1 Å². The van der Waals surface area contributed by atoms with E-state index in [1.165, 1.54) is 16.6 Å². The predicted molar refractivity (Wildman–Crippen MR) is 149 cm³/mol. The van der Waals surface area contributed by atoms with Crippen molar-refractivity contribution >= 4 is 16.9 Å². The maximum Gasteiger partial charge on any atom is 0.251 e. The van der Waals surface area contributed by atoms with E-state index in [0.717, 1.165) is 61.5 Å². The van der Waals surface area contributed by atoms with Gasteiger partial charge in [0.25, 0.3) is 5.91 Å². The van der Waals surface area contributed by atoms with Crippen molar-refractivity contribution in [1.82, 2.24) is 14.9 Å². The second-order valence-electron chi connectivity index (χ2n) is 9.43. The summed E-state index contributed by atoms with van der Waals surface area (Å²) in [5.41, 5.74) is 5.25. The van der Waals surface area contributed by atoms with Crippen LogP contribution >= 0.6 is 0 Å². The number of amides is 1. The van der Waals surface area contributed by atoms with Crippen molar-refractivity contribution < 1.29 is 14.3 Å². The van der Waals surface area contributed by atoms with Crippen LogP contribution in [0.1, 0.15) is 53.0 Å². The zero-order valence-corrected chi connectivity index (χ0v) is 22.1. The fourth-order valence-electron chi connectivity index (χ4n) is 4.46. The summed E-state index contributed by atoms with van der Waals surface area (Å²) in [5, 5.41) is 3.01. The third-order valence-electron chi connectivity index (χ3n) is 6.58. The molecule has 0 spiro atoms. The van der Waals surface area contributed by atoms with Crippen LogP contribution in [0.15, 0.2) is 66.7 Å². The normalized spacial score (nSPS) is 11.0. The lowest BCUT2D eigenvalue weighted by Gasteiger charge is -2.12. The van der Waals surface area contributed by atoms with E-state index in [4.69, 9.17) is 14.5 Å². The van der Waals surface area contributed by atoms with Gasteiger partial charge in [0.05, 0.1) is 24.8 Å². The largest absolute Gasteiger partial charge is 0.497 e. The third-order valence-corrected chi connectivity index (χ3v) is 6.58. The highest BCUT2D eigenvalue weighted by Gasteiger charge is 2.11. The number of benzene rings is 3. The number of rotatable bonds is 13. The molecule has 1 heterocycles. The van der Waals surface area contributed by atoms with E-state index in [1.807, 2.05) is 6.07 Å². The van der Waals surface area contributed by atoms with Gasteiger partial charge in [-0.3, -0.25) is 4.79 Å². The first kappa shape index (κ1) is 26.3. The zero-order chi connectivity index (χ0) is 26.0. The van der Waals surface area contributed by atoms with Gasteiger partial charge in [-0.05, 0) is 86.7 Å². The number of fused-ring (bicyclic) bond motifs is 1. The second kappa shape index (κ2) is 12.9. The van der Waals surface area contributed by atoms with Gasteiger partial charge in [0.15, 0.2) is 0 Å². The van der Waals surface area contributed by atoms with Crippen molar-refractivity contribution in [3.63, 3.8) is 0 Å². The number of hydrogen-bond donors (Lipinski definition) is 1. The summed E-state index contributed by atoms with van der Waals surface area (Å²) in [4.78, 5) is 17.2. The van der Waals surface area contributed by atoms with Crippen LogP contribution in [0.3, 0.4) is 0 Å². The van der Waals surface area contributed by atoms with Crippen molar-refractivity contribution in [3.05, 3.63) is 89.2 Å². The van der Waals surface area contributed by atoms with Gasteiger partial charge in [0, 0.05) is 25.1 Å². The number of imidazole rings is 1. The molecule has 194 valence electrons. The standard InChI is InChI=1S/C31H37N3O3/c1-23-13-14-24(2)29(22-23)37-21-9-20-34-28-11-7-6-10-27(28)33-30(34)12-5-4-8-19-32-31(35)25-15-17-26(36-3)18-16-25/h6-7,10-11,13-18,22H,4-5,8-9,12,19-21H2,1-3H3,(H,32,35). The van der Waals surface area contributed by atoms with Gasteiger partial charge in [0.2, 0.25) is 0 Å². The Bertz CT molecular complexity index is 1310. The second-order valence-corrected chi connectivity index (χ2v) is 9.43. The molecule has 0 aliphatic heterocycles. The van der Waals surface area contributed by atoms with E-state index >= 15 is 0 Å². The fourth-order valence-corrected chi connectivity index (χ4v) is 4.46. The third kappa shape index (κ3) is 7.13. The number of unbranched alkanes of at least 4 members (excludes halogenated alkanes) is 2. The number of carbonyl (C=O) groups is 1. The molecule has 1 amide bonds. The highest BCUT2D eigenvalue weighted by atomic mass is 16.5. The van der Waals surface area contributed by atoms with E-state index in [0.29, 0.717) is 18.7 Å². The van der Waals surface area contributed by atoms with Crippen LogP contribution in [-0.2, 0) is 13.0 Å². The number of aryl methyl sites for hydroxylation is 4. The molecule has 0 radical (unpaired) electrons. The first-order valence-corrected chi connectivity index (χ1v) is 13.1. The van der Waals surface area contributed by atoms with Crippen molar-refractivity contribution in [2.24, 2.45) is 0 Å². The summed E-state index contributed by atoms with van der Waals surface area (Å²) in [6, 6.07) is 21.8. The molecule has 6 heteroatoms. The number of ether oxygens (including phenoxy) is 2. The molecule has 1 aromatic heterocycles. The van der Waals surface area contributed by atoms with Crippen LogP contribution in [0.25, 0.3) is 11.0 Å². The number of nitrogens with one attached hydrogen (secondary N) is 1. The smallest absolute Gasteiger partial charge is 0.251 e. The molecule has 37 heavy (non-hydrogen) atoms. The number of carbonyl (C=O) groups excluding carboxylic acids is 1. The Morgan fingerprint density at radius 3 is 2.57 bits per heavy atom. The Balaban J connectivity index is 1.24. The van der Waals surface area contributed by atoms with E-state index < -0.39 is 0 Å². The average Bonchev–Trinajstić information content (AvgIpc) is 3.27. The molecule has 0 saturated carbocycles. The lowest BCUT2D eigenvalue weighted by atomic mass is 10.1. The Labute approximate surface area is 219 Å². The molecule has 0 atom stereocenters. The highest BCUT2D eigenvalue weighted by Crippen LogP contribution is 2.21. The topological polar surface area (TPSA) is 65.4 Å². The SMILES string of the molecule is COc1ccc(C(=O)NCCCCCc2nc3ccccc3n2CCCOc2cc(C)ccc2C)cc1. The molecule has 0 saturated heterocycles.